The van der Waals surface area contributed by atoms with Gasteiger partial charge in [-0.3, -0.25) is 4.79 Å². The second kappa shape index (κ2) is 7.77. The van der Waals surface area contributed by atoms with Crippen molar-refractivity contribution in [1.29, 1.82) is 0 Å². The lowest BCUT2D eigenvalue weighted by Gasteiger charge is -2.18. The second-order valence-corrected chi connectivity index (χ2v) is 8.64. The van der Waals surface area contributed by atoms with E-state index in [0.717, 1.165) is 11.8 Å². The van der Waals surface area contributed by atoms with Crippen molar-refractivity contribution in [2.24, 2.45) is 0 Å². The molecule has 3 rings (SSSR count). The van der Waals surface area contributed by atoms with Crippen LogP contribution in [0.1, 0.15) is 20.3 Å². The van der Waals surface area contributed by atoms with E-state index in [1.54, 1.807) is 26.0 Å². The Morgan fingerprint density at radius 3 is 2.69 bits per heavy atom. The molecule has 2 heterocycles. The van der Waals surface area contributed by atoms with Gasteiger partial charge in [-0.1, -0.05) is 19.9 Å². The topological polar surface area (TPSA) is 103 Å². The predicted molar refractivity (Wildman–Crippen MR) is 95.1 cm³/mol. The quantitative estimate of drug-likeness (QED) is 0.655. The van der Waals surface area contributed by atoms with Gasteiger partial charge in [0.05, 0.1) is 11.5 Å². The molecule has 10 heteroatoms. The maximum Gasteiger partial charge on any atom is 0.319 e. The Labute approximate surface area is 156 Å². The summed E-state index contributed by atoms with van der Waals surface area (Å²) >= 11 is 1.16. The van der Waals surface area contributed by atoms with E-state index in [9.17, 15) is 13.2 Å². The van der Waals surface area contributed by atoms with Gasteiger partial charge in [-0.05, 0) is 30.0 Å². The zero-order valence-corrected chi connectivity index (χ0v) is 16.0. The molecule has 2 aromatic rings. The molecule has 1 aromatic carbocycles. The number of ether oxygens (including phenoxy) is 1. The minimum Gasteiger partial charge on any atom is -0.465 e. The maximum absolute atomic E-state index is 12.7. The summed E-state index contributed by atoms with van der Waals surface area (Å²) in [5, 5.41) is 7.79. The molecule has 8 nitrogen and oxygen atoms in total. The Morgan fingerprint density at radius 1 is 1.27 bits per heavy atom. The van der Waals surface area contributed by atoms with Crippen molar-refractivity contribution in [1.82, 2.24) is 14.5 Å². The van der Waals surface area contributed by atoms with Gasteiger partial charge < -0.3 is 9.15 Å². The number of cyclic esters (lactones) is 1. The van der Waals surface area contributed by atoms with E-state index in [4.69, 9.17) is 9.15 Å². The van der Waals surface area contributed by atoms with E-state index >= 15 is 0 Å². The molecule has 0 spiro atoms. The Balaban J connectivity index is 1.84. The third kappa shape index (κ3) is 3.76. The summed E-state index contributed by atoms with van der Waals surface area (Å²) < 4.78 is 37.2. The summed E-state index contributed by atoms with van der Waals surface area (Å²) in [6.07, 6.45) is 0.596. The molecule has 1 atom stereocenters. The molecular weight excluding hydrogens is 378 g/mol. The van der Waals surface area contributed by atoms with E-state index in [0.29, 0.717) is 31.7 Å². The Hall–Kier alpha value is -1.91. The molecule has 1 aliphatic rings. The van der Waals surface area contributed by atoms with Gasteiger partial charge in [0.1, 0.15) is 5.25 Å². The number of thioether (sulfide) groups is 1. The zero-order valence-electron chi connectivity index (χ0n) is 14.4. The van der Waals surface area contributed by atoms with Crippen LogP contribution < -0.4 is 0 Å². The van der Waals surface area contributed by atoms with Gasteiger partial charge in [0.15, 0.2) is 0 Å². The maximum atomic E-state index is 12.7. The zero-order chi connectivity index (χ0) is 18.7. The van der Waals surface area contributed by atoms with E-state index in [1.807, 2.05) is 0 Å². The van der Waals surface area contributed by atoms with Crippen LogP contribution in [0.4, 0.5) is 0 Å². The SMILES string of the molecule is CCN(CC)S(=O)(=O)c1cccc(-c2nnc(S[C@@H]3CCOC3=O)o2)c1. The van der Waals surface area contributed by atoms with E-state index in [-0.39, 0.29) is 27.2 Å². The highest BCUT2D eigenvalue weighted by atomic mass is 32.2. The normalized spacial score (nSPS) is 17.7. The van der Waals surface area contributed by atoms with E-state index < -0.39 is 10.0 Å². The largest absolute Gasteiger partial charge is 0.465 e. The van der Waals surface area contributed by atoms with Crippen LogP contribution in [0.5, 0.6) is 0 Å². The first-order valence-corrected chi connectivity index (χ1v) is 10.5. The number of carbonyl (C=O) groups excluding carboxylic acids is 1. The predicted octanol–water partition coefficient (Wildman–Crippen LogP) is 2.17. The molecule has 0 aliphatic carbocycles. The van der Waals surface area contributed by atoms with Crippen molar-refractivity contribution in [2.45, 2.75) is 35.6 Å². The highest BCUT2D eigenvalue weighted by Crippen LogP contribution is 2.31. The summed E-state index contributed by atoms with van der Waals surface area (Å²) in [6.45, 7) is 4.76. The number of nitrogens with zero attached hydrogens (tertiary/aromatic N) is 3. The molecule has 0 bridgehead atoms. The number of hydrogen-bond acceptors (Lipinski definition) is 8. The first-order chi connectivity index (χ1) is 12.5. The van der Waals surface area contributed by atoms with E-state index in [2.05, 4.69) is 10.2 Å². The van der Waals surface area contributed by atoms with Crippen LogP contribution in [0.2, 0.25) is 0 Å². The average molecular weight is 397 g/mol. The monoisotopic (exact) mass is 397 g/mol. The fraction of sp³-hybridized carbons (Fsp3) is 0.438. The number of benzene rings is 1. The molecule has 140 valence electrons. The van der Waals surface area contributed by atoms with Gasteiger partial charge >= 0.3 is 5.97 Å². The number of rotatable bonds is 7. The van der Waals surface area contributed by atoms with Gasteiger partial charge in [-0.15, -0.1) is 10.2 Å². The number of sulfonamides is 1. The molecule has 0 radical (unpaired) electrons. The molecule has 0 unspecified atom stereocenters. The van der Waals surface area contributed by atoms with Gasteiger partial charge in [0, 0.05) is 25.1 Å². The Morgan fingerprint density at radius 2 is 2.04 bits per heavy atom. The van der Waals surface area contributed by atoms with Crippen LogP contribution in [-0.4, -0.2) is 53.8 Å². The molecular formula is C16H19N3O5S2. The fourth-order valence-electron chi connectivity index (χ4n) is 2.58. The lowest BCUT2D eigenvalue weighted by atomic mass is 10.2. The van der Waals surface area contributed by atoms with Crippen molar-refractivity contribution in [2.75, 3.05) is 19.7 Å². The summed E-state index contributed by atoms with van der Waals surface area (Å²) in [4.78, 5) is 11.7. The van der Waals surface area contributed by atoms with Gasteiger partial charge in [-0.25, -0.2) is 8.42 Å². The van der Waals surface area contributed by atoms with Gasteiger partial charge in [0.25, 0.3) is 5.22 Å². The Bertz CT molecular complexity index is 893. The summed E-state index contributed by atoms with van der Waals surface area (Å²) in [6, 6.07) is 6.39. The van der Waals surface area contributed by atoms with Crippen molar-refractivity contribution in [3.8, 4) is 11.5 Å². The molecule has 26 heavy (non-hydrogen) atoms. The van der Waals surface area contributed by atoms with Gasteiger partial charge in [-0.2, -0.15) is 4.31 Å². The van der Waals surface area contributed by atoms with Crippen molar-refractivity contribution in [3.63, 3.8) is 0 Å². The van der Waals surface area contributed by atoms with Crippen molar-refractivity contribution in [3.05, 3.63) is 24.3 Å². The number of hydrogen-bond donors (Lipinski definition) is 0. The number of aromatic nitrogens is 2. The minimum atomic E-state index is -3.57. The molecule has 0 N–H and O–H groups in total. The first-order valence-electron chi connectivity index (χ1n) is 8.23. The summed E-state index contributed by atoms with van der Waals surface area (Å²) in [7, 11) is -3.57. The van der Waals surface area contributed by atoms with Crippen LogP contribution in [0.3, 0.4) is 0 Å². The average Bonchev–Trinajstić information content (AvgIpc) is 3.26. The first kappa shape index (κ1) is 18.9. The molecule has 1 fully saturated rings. The van der Waals surface area contributed by atoms with Crippen LogP contribution in [0, 0.1) is 0 Å². The van der Waals surface area contributed by atoms with Crippen molar-refractivity contribution < 1.29 is 22.4 Å². The third-order valence-corrected chi connectivity index (χ3v) is 7.09. The second-order valence-electron chi connectivity index (χ2n) is 5.55. The molecule has 1 aliphatic heterocycles. The highest BCUT2D eigenvalue weighted by molar-refractivity contribution is 8.00. The molecule has 0 saturated carbocycles. The molecule has 0 amide bonds. The fourth-order valence-corrected chi connectivity index (χ4v) is 4.92. The number of carbonyl (C=O) groups is 1. The highest BCUT2D eigenvalue weighted by Gasteiger charge is 2.30. The standard InChI is InChI=1S/C16H19N3O5S2/c1-3-19(4-2)26(21,22)12-7-5-6-11(10-12)14-17-18-16(24-14)25-13-8-9-23-15(13)20/h5-7,10,13H,3-4,8-9H2,1-2H3/t13-/m1/s1. The van der Waals surface area contributed by atoms with Crippen LogP contribution >= 0.6 is 11.8 Å². The van der Waals surface area contributed by atoms with Gasteiger partial charge in [0.2, 0.25) is 15.9 Å². The summed E-state index contributed by atoms with van der Waals surface area (Å²) in [5.41, 5.74) is 0.506. The van der Waals surface area contributed by atoms with Crippen LogP contribution in [-0.2, 0) is 19.6 Å². The summed E-state index contributed by atoms with van der Waals surface area (Å²) in [5.74, 6) is -0.0856. The smallest absolute Gasteiger partial charge is 0.319 e. The van der Waals surface area contributed by atoms with Crippen LogP contribution in [0.15, 0.2) is 38.8 Å². The number of esters is 1. The Kier molecular flexibility index (Phi) is 5.64. The van der Waals surface area contributed by atoms with Crippen LogP contribution in [0.25, 0.3) is 11.5 Å². The van der Waals surface area contributed by atoms with Crippen molar-refractivity contribution >= 4 is 27.8 Å². The minimum absolute atomic E-state index is 0.172. The third-order valence-electron chi connectivity index (χ3n) is 3.96. The lowest BCUT2D eigenvalue weighted by Crippen LogP contribution is -2.30. The molecule has 1 saturated heterocycles. The van der Waals surface area contributed by atoms with E-state index in [1.165, 1.54) is 16.4 Å². The lowest BCUT2D eigenvalue weighted by molar-refractivity contribution is -0.137. The molecule has 1 aromatic heterocycles.